The Morgan fingerprint density at radius 2 is 1.90 bits per heavy atom. The van der Waals surface area contributed by atoms with Gasteiger partial charge in [-0.2, -0.15) is 0 Å². The van der Waals surface area contributed by atoms with E-state index in [1.54, 1.807) is 7.11 Å². The van der Waals surface area contributed by atoms with Gasteiger partial charge in [-0.25, -0.2) is 0 Å². The average Bonchev–Trinajstić information content (AvgIpc) is 2.47. The molecule has 0 amide bonds. The lowest BCUT2D eigenvalue weighted by Gasteiger charge is -2.19. The molecule has 2 aromatic rings. The van der Waals surface area contributed by atoms with Crippen molar-refractivity contribution in [3.63, 3.8) is 0 Å². The van der Waals surface area contributed by atoms with Gasteiger partial charge in [-0.05, 0) is 24.6 Å². The second-order valence-electron chi connectivity index (χ2n) is 4.80. The van der Waals surface area contributed by atoms with Crippen molar-refractivity contribution in [1.29, 1.82) is 0 Å². The SMILES string of the molecule is COc1cccc(N(C)CC(=O)c2ccccc2C)c1. The molecule has 0 atom stereocenters. The Bertz CT molecular complexity index is 607. The molecule has 0 aliphatic carbocycles. The number of rotatable bonds is 5. The maximum absolute atomic E-state index is 12.3. The summed E-state index contributed by atoms with van der Waals surface area (Å²) in [7, 11) is 3.54. The molecule has 0 saturated carbocycles. The molecule has 3 nitrogen and oxygen atoms in total. The van der Waals surface area contributed by atoms with E-state index in [4.69, 9.17) is 4.74 Å². The highest BCUT2D eigenvalue weighted by molar-refractivity contribution is 6.00. The van der Waals surface area contributed by atoms with Gasteiger partial charge in [0.05, 0.1) is 13.7 Å². The topological polar surface area (TPSA) is 29.5 Å². The second kappa shape index (κ2) is 6.24. The van der Waals surface area contributed by atoms with Crippen molar-refractivity contribution in [2.24, 2.45) is 0 Å². The van der Waals surface area contributed by atoms with Crippen LogP contribution in [0.3, 0.4) is 0 Å². The molecule has 0 bridgehead atoms. The zero-order valence-electron chi connectivity index (χ0n) is 12.1. The quantitative estimate of drug-likeness (QED) is 0.780. The van der Waals surface area contributed by atoms with Crippen LogP contribution in [-0.4, -0.2) is 26.5 Å². The first-order valence-electron chi connectivity index (χ1n) is 6.56. The fraction of sp³-hybridized carbons (Fsp3) is 0.235. The number of likely N-dealkylation sites (N-methyl/N-ethyl adjacent to an activating group) is 1. The molecule has 0 spiro atoms. The van der Waals surface area contributed by atoms with E-state index in [0.29, 0.717) is 6.54 Å². The Morgan fingerprint density at radius 3 is 2.60 bits per heavy atom. The zero-order chi connectivity index (χ0) is 14.5. The van der Waals surface area contributed by atoms with E-state index in [1.165, 1.54) is 0 Å². The van der Waals surface area contributed by atoms with Crippen molar-refractivity contribution < 1.29 is 9.53 Å². The van der Waals surface area contributed by atoms with Crippen LogP contribution in [0.5, 0.6) is 5.75 Å². The molecule has 3 heteroatoms. The number of hydrogen-bond donors (Lipinski definition) is 0. The van der Waals surface area contributed by atoms with E-state index in [9.17, 15) is 4.79 Å². The summed E-state index contributed by atoms with van der Waals surface area (Å²) in [6.45, 7) is 2.30. The van der Waals surface area contributed by atoms with Gasteiger partial charge in [-0.15, -0.1) is 0 Å². The first-order valence-corrected chi connectivity index (χ1v) is 6.56. The van der Waals surface area contributed by atoms with Crippen LogP contribution in [0.4, 0.5) is 5.69 Å². The number of hydrogen-bond acceptors (Lipinski definition) is 3. The van der Waals surface area contributed by atoms with Crippen LogP contribution in [0, 0.1) is 6.92 Å². The fourth-order valence-electron chi connectivity index (χ4n) is 2.13. The molecule has 0 heterocycles. The summed E-state index contributed by atoms with van der Waals surface area (Å²) in [4.78, 5) is 14.3. The lowest BCUT2D eigenvalue weighted by atomic mass is 10.0. The lowest BCUT2D eigenvalue weighted by Crippen LogP contribution is -2.26. The summed E-state index contributed by atoms with van der Waals surface area (Å²) in [6, 6.07) is 15.4. The Kier molecular flexibility index (Phi) is 4.41. The number of benzene rings is 2. The van der Waals surface area contributed by atoms with Gasteiger partial charge in [0, 0.05) is 24.4 Å². The first kappa shape index (κ1) is 14.1. The Balaban J connectivity index is 2.13. The largest absolute Gasteiger partial charge is 0.497 e. The van der Waals surface area contributed by atoms with Gasteiger partial charge in [-0.1, -0.05) is 30.3 Å². The molecular weight excluding hydrogens is 250 g/mol. The van der Waals surface area contributed by atoms with Crippen molar-refractivity contribution >= 4 is 11.5 Å². The summed E-state index contributed by atoms with van der Waals surface area (Å²) in [5.41, 5.74) is 2.75. The number of ketones is 1. The summed E-state index contributed by atoms with van der Waals surface area (Å²) in [5, 5.41) is 0. The van der Waals surface area contributed by atoms with Crippen molar-refractivity contribution in [1.82, 2.24) is 0 Å². The zero-order valence-corrected chi connectivity index (χ0v) is 12.1. The molecule has 2 aromatic carbocycles. The summed E-state index contributed by atoms with van der Waals surface area (Å²) >= 11 is 0. The third kappa shape index (κ3) is 3.18. The van der Waals surface area contributed by atoms with E-state index in [-0.39, 0.29) is 5.78 Å². The number of carbonyl (C=O) groups is 1. The van der Waals surface area contributed by atoms with Crippen LogP contribution in [0.1, 0.15) is 15.9 Å². The predicted octanol–water partition coefficient (Wildman–Crippen LogP) is 3.32. The molecule has 0 aromatic heterocycles. The van der Waals surface area contributed by atoms with Gasteiger partial charge in [0.25, 0.3) is 0 Å². The predicted molar refractivity (Wildman–Crippen MR) is 81.8 cm³/mol. The second-order valence-corrected chi connectivity index (χ2v) is 4.80. The maximum Gasteiger partial charge on any atom is 0.182 e. The molecule has 0 aliphatic rings. The minimum absolute atomic E-state index is 0.119. The van der Waals surface area contributed by atoms with Gasteiger partial charge >= 0.3 is 0 Å². The van der Waals surface area contributed by atoms with Gasteiger partial charge in [0.15, 0.2) is 5.78 Å². The van der Waals surface area contributed by atoms with Crippen molar-refractivity contribution in [2.75, 3.05) is 25.6 Å². The van der Waals surface area contributed by atoms with Gasteiger partial charge in [0.1, 0.15) is 5.75 Å². The average molecular weight is 269 g/mol. The summed E-state index contributed by atoms with van der Waals surface area (Å²) < 4.78 is 5.20. The number of methoxy groups -OCH3 is 1. The molecule has 0 N–H and O–H groups in total. The standard InChI is InChI=1S/C17H19NO2/c1-13-7-4-5-10-16(13)17(19)12-18(2)14-8-6-9-15(11-14)20-3/h4-11H,12H2,1-3H3. The highest BCUT2D eigenvalue weighted by Gasteiger charge is 2.12. The minimum Gasteiger partial charge on any atom is -0.497 e. The number of ether oxygens (including phenoxy) is 1. The van der Waals surface area contributed by atoms with Gasteiger partial charge < -0.3 is 9.64 Å². The highest BCUT2D eigenvalue weighted by Crippen LogP contribution is 2.20. The monoisotopic (exact) mass is 269 g/mol. The molecule has 0 aliphatic heterocycles. The molecule has 0 saturated heterocycles. The summed E-state index contributed by atoms with van der Waals surface area (Å²) in [6.07, 6.45) is 0. The van der Waals surface area contributed by atoms with Gasteiger partial charge in [0.2, 0.25) is 0 Å². The van der Waals surface area contributed by atoms with E-state index >= 15 is 0 Å². The van der Waals surface area contributed by atoms with Crippen LogP contribution in [0.2, 0.25) is 0 Å². The van der Waals surface area contributed by atoms with Crippen LogP contribution < -0.4 is 9.64 Å². The lowest BCUT2D eigenvalue weighted by molar-refractivity contribution is 0.1000. The molecule has 0 unspecified atom stereocenters. The third-order valence-corrected chi connectivity index (χ3v) is 3.32. The molecule has 2 rings (SSSR count). The molecule has 20 heavy (non-hydrogen) atoms. The minimum atomic E-state index is 0.119. The third-order valence-electron chi connectivity index (χ3n) is 3.32. The number of Topliss-reactive ketones (excluding diaryl/α,β-unsaturated/α-hetero) is 1. The Hall–Kier alpha value is -2.29. The highest BCUT2D eigenvalue weighted by atomic mass is 16.5. The molecule has 0 radical (unpaired) electrons. The van der Waals surface area contributed by atoms with E-state index < -0.39 is 0 Å². The molecule has 0 fully saturated rings. The fourth-order valence-corrected chi connectivity index (χ4v) is 2.13. The van der Waals surface area contributed by atoms with Crippen molar-refractivity contribution in [2.45, 2.75) is 6.92 Å². The van der Waals surface area contributed by atoms with E-state index in [1.807, 2.05) is 67.4 Å². The first-order chi connectivity index (χ1) is 9.61. The normalized spacial score (nSPS) is 10.2. The molecular formula is C17H19NO2. The van der Waals surface area contributed by atoms with Crippen LogP contribution in [0.25, 0.3) is 0 Å². The molecule has 104 valence electrons. The van der Waals surface area contributed by atoms with E-state index in [2.05, 4.69) is 0 Å². The number of anilines is 1. The van der Waals surface area contributed by atoms with E-state index in [0.717, 1.165) is 22.6 Å². The number of nitrogens with zero attached hydrogens (tertiary/aromatic N) is 1. The maximum atomic E-state index is 12.3. The number of aryl methyl sites for hydroxylation is 1. The van der Waals surface area contributed by atoms with Gasteiger partial charge in [-0.3, -0.25) is 4.79 Å². The van der Waals surface area contributed by atoms with Crippen LogP contribution in [0.15, 0.2) is 48.5 Å². The van der Waals surface area contributed by atoms with Crippen molar-refractivity contribution in [3.05, 3.63) is 59.7 Å². The number of carbonyl (C=O) groups excluding carboxylic acids is 1. The Morgan fingerprint density at radius 1 is 1.15 bits per heavy atom. The summed E-state index contributed by atoms with van der Waals surface area (Å²) in [5.74, 6) is 0.908. The Labute approximate surface area is 119 Å². The smallest absolute Gasteiger partial charge is 0.182 e. The van der Waals surface area contributed by atoms with Crippen LogP contribution >= 0.6 is 0 Å². The van der Waals surface area contributed by atoms with Crippen molar-refractivity contribution in [3.8, 4) is 5.75 Å². The van der Waals surface area contributed by atoms with Crippen LogP contribution in [-0.2, 0) is 0 Å².